The average Bonchev–Trinajstić information content (AvgIpc) is 2.93. The first-order valence-corrected chi connectivity index (χ1v) is 6.43. The van der Waals surface area contributed by atoms with Gasteiger partial charge < -0.3 is 10.3 Å². The lowest BCUT2D eigenvalue weighted by Gasteiger charge is -2.24. The Hall–Kier alpha value is -2.10. The molecule has 1 heterocycles. The fourth-order valence-electron chi connectivity index (χ4n) is 1.94. The van der Waals surface area contributed by atoms with Gasteiger partial charge in [0.2, 0.25) is 5.91 Å². The number of amides is 1. The number of nitrogens with zero attached hydrogens (tertiary/aromatic N) is 1. The molecule has 0 bridgehead atoms. The molecule has 4 nitrogen and oxygen atoms in total. The first-order chi connectivity index (χ1) is 9.10. The third-order valence-corrected chi connectivity index (χ3v) is 3.27. The minimum atomic E-state index is -0.523. The van der Waals surface area contributed by atoms with Gasteiger partial charge in [-0.2, -0.15) is 0 Å². The van der Waals surface area contributed by atoms with Gasteiger partial charge in [-0.1, -0.05) is 30.3 Å². The molecular weight excluding hydrogens is 238 g/mol. The van der Waals surface area contributed by atoms with Crippen LogP contribution in [0.3, 0.4) is 0 Å². The molecule has 0 aliphatic heterocycles. The van der Waals surface area contributed by atoms with E-state index in [4.69, 9.17) is 0 Å². The Morgan fingerprint density at radius 3 is 2.68 bits per heavy atom. The highest BCUT2D eigenvalue weighted by molar-refractivity contribution is 5.87. The SMILES string of the molecule is CC(C)(C(=O)NCCc1ncc[nH]1)c1ccccc1. The molecule has 19 heavy (non-hydrogen) atoms. The van der Waals surface area contributed by atoms with E-state index in [1.54, 1.807) is 12.4 Å². The number of carbonyl (C=O) groups is 1. The summed E-state index contributed by atoms with van der Waals surface area (Å²) in [5.74, 6) is 0.920. The zero-order valence-corrected chi connectivity index (χ0v) is 11.3. The Balaban J connectivity index is 1.92. The lowest BCUT2D eigenvalue weighted by Crippen LogP contribution is -2.40. The molecule has 0 radical (unpaired) electrons. The number of H-pyrrole nitrogens is 1. The van der Waals surface area contributed by atoms with Crippen molar-refractivity contribution in [2.24, 2.45) is 0 Å². The van der Waals surface area contributed by atoms with Crippen LogP contribution in [0.2, 0.25) is 0 Å². The fourth-order valence-corrected chi connectivity index (χ4v) is 1.94. The largest absolute Gasteiger partial charge is 0.355 e. The highest BCUT2D eigenvalue weighted by atomic mass is 16.2. The highest BCUT2D eigenvalue weighted by Crippen LogP contribution is 2.22. The van der Waals surface area contributed by atoms with E-state index < -0.39 is 5.41 Å². The van der Waals surface area contributed by atoms with E-state index in [2.05, 4.69) is 15.3 Å². The summed E-state index contributed by atoms with van der Waals surface area (Å²) >= 11 is 0. The summed E-state index contributed by atoms with van der Waals surface area (Å²) in [6, 6.07) is 9.81. The van der Waals surface area contributed by atoms with Gasteiger partial charge in [0.15, 0.2) is 0 Å². The zero-order valence-electron chi connectivity index (χ0n) is 11.3. The Labute approximate surface area is 113 Å². The molecule has 4 heteroatoms. The average molecular weight is 257 g/mol. The van der Waals surface area contributed by atoms with Crippen molar-refractivity contribution in [1.29, 1.82) is 0 Å². The summed E-state index contributed by atoms with van der Waals surface area (Å²) in [4.78, 5) is 19.4. The summed E-state index contributed by atoms with van der Waals surface area (Å²) in [6.45, 7) is 4.46. The standard InChI is InChI=1S/C15H19N3O/c1-15(2,12-6-4-3-5-7-12)14(19)18-9-8-13-16-10-11-17-13/h3-7,10-11H,8-9H2,1-2H3,(H,16,17)(H,18,19). The molecule has 0 aliphatic rings. The van der Waals surface area contributed by atoms with E-state index in [-0.39, 0.29) is 5.91 Å². The van der Waals surface area contributed by atoms with Crippen LogP contribution in [0.1, 0.15) is 25.2 Å². The topological polar surface area (TPSA) is 57.8 Å². The quantitative estimate of drug-likeness (QED) is 0.861. The Morgan fingerprint density at radius 2 is 2.05 bits per heavy atom. The molecule has 0 aliphatic carbocycles. The van der Waals surface area contributed by atoms with Crippen molar-refractivity contribution in [2.45, 2.75) is 25.7 Å². The lowest BCUT2D eigenvalue weighted by molar-refractivity contribution is -0.125. The number of aromatic amines is 1. The minimum absolute atomic E-state index is 0.0326. The summed E-state index contributed by atoms with van der Waals surface area (Å²) in [6.07, 6.45) is 4.21. The molecule has 1 aromatic carbocycles. The van der Waals surface area contributed by atoms with E-state index in [9.17, 15) is 4.79 Å². The zero-order chi connectivity index (χ0) is 13.7. The molecule has 1 amide bonds. The molecule has 0 saturated heterocycles. The Morgan fingerprint density at radius 1 is 1.32 bits per heavy atom. The van der Waals surface area contributed by atoms with Gasteiger partial charge in [-0.05, 0) is 19.4 Å². The molecule has 0 fully saturated rings. The maximum atomic E-state index is 12.3. The van der Waals surface area contributed by atoms with Crippen LogP contribution >= 0.6 is 0 Å². The summed E-state index contributed by atoms with van der Waals surface area (Å²) in [5.41, 5.74) is 0.496. The molecule has 1 aromatic heterocycles. The molecule has 0 unspecified atom stereocenters. The van der Waals surface area contributed by atoms with Crippen LogP contribution in [0.15, 0.2) is 42.7 Å². The second-order valence-corrected chi connectivity index (χ2v) is 5.03. The van der Waals surface area contributed by atoms with Gasteiger partial charge in [-0.3, -0.25) is 4.79 Å². The molecule has 100 valence electrons. The van der Waals surface area contributed by atoms with Crippen LogP contribution < -0.4 is 5.32 Å². The van der Waals surface area contributed by atoms with Crippen molar-refractivity contribution >= 4 is 5.91 Å². The molecule has 2 aromatic rings. The smallest absolute Gasteiger partial charge is 0.230 e. The first kappa shape index (κ1) is 13.3. The van der Waals surface area contributed by atoms with Crippen LogP contribution in [-0.4, -0.2) is 22.4 Å². The number of nitrogens with one attached hydrogen (secondary N) is 2. The van der Waals surface area contributed by atoms with E-state index in [0.717, 1.165) is 11.4 Å². The van der Waals surface area contributed by atoms with Gasteiger partial charge in [-0.15, -0.1) is 0 Å². The predicted octanol–water partition coefficient (Wildman–Crippen LogP) is 2.05. The second kappa shape index (κ2) is 5.69. The number of hydrogen-bond donors (Lipinski definition) is 2. The van der Waals surface area contributed by atoms with Crippen molar-refractivity contribution in [2.75, 3.05) is 6.54 Å². The Bertz CT molecular complexity index is 518. The van der Waals surface area contributed by atoms with Crippen molar-refractivity contribution < 1.29 is 4.79 Å². The third-order valence-electron chi connectivity index (χ3n) is 3.27. The molecular formula is C15H19N3O. The van der Waals surface area contributed by atoms with Crippen LogP contribution in [0.25, 0.3) is 0 Å². The summed E-state index contributed by atoms with van der Waals surface area (Å²) in [5, 5.41) is 2.96. The van der Waals surface area contributed by atoms with E-state index in [1.807, 2.05) is 44.2 Å². The molecule has 2 N–H and O–H groups in total. The van der Waals surface area contributed by atoms with Crippen molar-refractivity contribution in [1.82, 2.24) is 15.3 Å². The molecule has 0 atom stereocenters. The highest BCUT2D eigenvalue weighted by Gasteiger charge is 2.28. The third kappa shape index (κ3) is 3.22. The summed E-state index contributed by atoms with van der Waals surface area (Å²) < 4.78 is 0. The fraction of sp³-hybridized carbons (Fsp3) is 0.333. The molecule has 0 spiro atoms. The van der Waals surface area contributed by atoms with Gasteiger partial charge in [0.1, 0.15) is 5.82 Å². The van der Waals surface area contributed by atoms with Gasteiger partial charge in [0.05, 0.1) is 5.41 Å². The number of imidazole rings is 1. The van der Waals surface area contributed by atoms with Crippen molar-refractivity contribution in [3.05, 3.63) is 54.1 Å². The second-order valence-electron chi connectivity index (χ2n) is 5.03. The van der Waals surface area contributed by atoms with E-state index in [1.165, 1.54) is 0 Å². The van der Waals surface area contributed by atoms with Crippen LogP contribution in [0.5, 0.6) is 0 Å². The maximum absolute atomic E-state index is 12.3. The number of hydrogen-bond acceptors (Lipinski definition) is 2. The minimum Gasteiger partial charge on any atom is -0.355 e. The Kier molecular flexibility index (Phi) is 4.00. The van der Waals surface area contributed by atoms with E-state index >= 15 is 0 Å². The lowest BCUT2D eigenvalue weighted by atomic mass is 9.84. The van der Waals surface area contributed by atoms with Gasteiger partial charge in [-0.25, -0.2) is 4.98 Å². The monoisotopic (exact) mass is 257 g/mol. The van der Waals surface area contributed by atoms with Crippen LogP contribution in [0.4, 0.5) is 0 Å². The normalized spacial score (nSPS) is 11.3. The van der Waals surface area contributed by atoms with Crippen LogP contribution in [0, 0.1) is 0 Å². The van der Waals surface area contributed by atoms with Gasteiger partial charge in [0.25, 0.3) is 0 Å². The van der Waals surface area contributed by atoms with Crippen molar-refractivity contribution in [3.8, 4) is 0 Å². The number of benzene rings is 1. The van der Waals surface area contributed by atoms with E-state index in [0.29, 0.717) is 13.0 Å². The first-order valence-electron chi connectivity index (χ1n) is 6.43. The van der Waals surface area contributed by atoms with Gasteiger partial charge in [0, 0.05) is 25.4 Å². The molecule has 2 rings (SSSR count). The number of carbonyl (C=O) groups excluding carboxylic acids is 1. The van der Waals surface area contributed by atoms with Gasteiger partial charge >= 0.3 is 0 Å². The maximum Gasteiger partial charge on any atom is 0.230 e. The van der Waals surface area contributed by atoms with Crippen LogP contribution in [-0.2, 0) is 16.6 Å². The summed E-state index contributed by atoms with van der Waals surface area (Å²) in [7, 11) is 0. The van der Waals surface area contributed by atoms with Crippen molar-refractivity contribution in [3.63, 3.8) is 0 Å². The number of rotatable bonds is 5. The predicted molar refractivity (Wildman–Crippen MR) is 74.8 cm³/mol. The number of aromatic nitrogens is 2. The molecule has 0 saturated carbocycles.